The maximum atomic E-state index is 9.60. The minimum absolute atomic E-state index is 0.218. The van der Waals surface area contributed by atoms with Crippen LogP contribution in [0.4, 0.5) is 5.82 Å². The summed E-state index contributed by atoms with van der Waals surface area (Å²) in [4.78, 5) is 8.67. The Morgan fingerprint density at radius 3 is 2.59 bits per heavy atom. The van der Waals surface area contributed by atoms with E-state index in [1.165, 1.54) is 17.5 Å². The fourth-order valence-corrected chi connectivity index (χ4v) is 3.96. The highest BCUT2D eigenvalue weighted by Gasteiger charge is 2.25. The van der Waals surface area contributed by atoms with Crippen LogP contribution in [-0.2, 0) is 12.8 Å². The first kappa shape index (κ1) is 15.8. The summed E-state index contributed by atoms with van der Waals surface area (Å²) < 4.78 is 2.01. The molecule has 0 amide bonds. The Morgan fingerprint density at radius 2 is 1.78 bits per heavy atom. The number of nitrogens with two attached hydrogens (primary N) is 1. The van der Waals surface area contributed by atoms with Crippen LogP contribution in [0.25, 0.3) is 22.3 Å². The number of hydrogen-bond acceptors (Lipinski definition) is 5. The Bertz CT molecular complexity index is 1130. The molecule has 2 aromatic carbocycles. The number of nitrogen functional groups attached to an aromatic ring is 1. The normalized spacial score (nSPS) is 16.4. The Balaban J connectivity index is 1.66. The molecule has 1 aliphatic rings. The van der Waals surface area contributed by atoms with Crippen molar-refractivity contribution in [3.05, 3.63) is 66.0 Å². The number of fused-ring (bicyclic) bond motifs is 2. The summed E-state index contributed by atoms with van der Waals surface area (Å²) in [6.45, 7) is 0. The van der Waals surface area contributed by atoms with Crippen LogP contribution in [0.1, 0.15) is 23.6 Å². The molecule has 4 aromatic rings. The molecule has 3 N–H and O–H groups in total. The molecule has 1 unspecified atom stereocenters. The zero-order valence-electron chi connectivity index (χ0n) is 14.7. The molecule has 1 atom stereocenters. The van der Waals surface area contributed by atoms with Crippen molar-refractivity contribution in [2.75, 3.05) is 5.73 Å². The monoisotopic (exact) mass is 357 g/mol. The van der Waals surface area contributed by atoms with Crippen LogP contribution >= 0.6 is 0 Å². The van der Waals surface area contributed by atoms with Crippen molar-refractivity contribution in [1.29, 1.82) is 0 Å². The van der Waals surface area contributed by atoms with Gasteiger partial charge in [0, 0.05) is 5.56 Å². The van der Waals surface area contributed by atoms with Gasteiger partial charge in [-0.15, -0.1) is 0 Å². The maximum absolute atomic E-state index is 9.60. The molecule has 2 aromatic heterocycles. The van der Waals surface area contributed by atoms with Crippen LogP contribution in [0.15, 0.2) is 54.9 Å². The van der Waals surface area contributed by atoms with E-state index in [2.05, 4.69) is 34.2 Å². The lowest BCUT2D eigenvalue weighted by atomic mass is 9.88. The highest BCUT2D eigenvalue weighted by Crippen LogP contribution is 2.35. The van der Waals surface area contributed by atoms with Crippen molar-refractivity contribution < 1.29 is 5.11 Å². The standard InChI is InChI=1S/C21H19N5O/c22-20-18-19(14-6-9-17(27)10-7-14)25-26(21(18)24-12-23-20)16-8-5-13-3-1-2-4-15(13)11-16/h1-4,6-7,9-10,12,16,27H,5,8,11H2,(H2,22,23,24). The molecule has 2 heterocycles. The lowest BCUT2D eigenvalue weighted by molar-refractivity contribution is 0.415. The minimum Gasteiger partial charge on any atom is -0.508 e. The van der Waals surface area contributed by atoms with E-state index in [0.29, 0.717) is 5.82 Å². The molecule has 0 aliphatic heterocycles. The molecule has 0 radical (unpaired) electrons. The van der Waals surface area contributed by atoms with Gasteiger partial charge < -0.3 is 10.8 Å². The number of hydrogen-bond donors (Lipinski definition) is 2. The molecular weight excluding hydrogens is 338 g/mol. The fraction of sp³-hybridized carbons (Fsp3) is 0.190. The first-order valence-corrected chi connectivity index (χ1v) is 9.05. The Morgan fingerprint density at radius 1 is 1.00 bits per heavy atom. The van der Waals surface area contributed by atoms with Gasteiger partial charge in [0.1, 0.15) is 23.6 Å². The third-order valence-electron chi connectivity index (χ3n) is 5.33. The minimum atomic E-state index is 0.218. The second-order valence-corrected chi connectivity index (χ2v) is 6.96. The number of benzene rings is 2. The number of anilines is 1. The third-order valence-corrected chi connectivity index (χ3v) is 5.33. The third kappa shape index (κ3) is 2.61. The molecular formula is C21H19N5O. The number of nitrogens with zero attached hydrogens (tertiary/aromatic N) is 4. The van der Waals surface area contributed by atoms with E-state index in [0.717, 1.165) is 41.6 Å². The van der Waals surface area contributed by atoms with Crippen LogP contribution in [0.2, 0.25) is 0 Å². The summed E-state index contributed by atoms with van der Waals surface area (Å²) in [6.07, 6.45) is 4.45. The predicted octanol–water partition coefficient (Wildman–Crippen LogP) is 3.51. The van der Waals surface area contributed by atoms with Gasteiger partial charge in [-0.05, 0) is 54.7 Å². The Kier molecular flexibility index (Phi) is 3.57. The average Bonchev–Trinajstić information content (AvgIpc) is 3.09. The summed E-state index contributed by atoms with van der Waals surface area (Å²) in [7, 11) is 0. The molecule has 1 aliphatic carbocycles. The van der Waals surface area contributed by atoms with Crippen LogP contribution < -0.4 is 5.73 Å². The predicted molar refractivity (Wildman–Crippen MR) is 104 cm³/mol. The summed E-state index contributed by atoms with van der Waals surface area (Å²) in [5.74, 6) is 0.640. The van der Waals surface area contributed by atoms with E-state index in [-0.39, 0.29) is 11.8 Å². The molecule has 5 rings (SSSR count). The van der Waals surface area contributed by atoms with Gasteiger partial charge in [-0.25, -0.2) is 14.6 Å². The van der Waals surface area contributed by atoms with Crippen molar-refractivity contribution in [3.8, 4) is 17.0 Å². The first-order chi connectivity index (χ1) is 13.2. The maximum Gasteiger partial charge on any atom is 0.164 e. The van der Waals surface area contributed by atoms with Gasteiger partial charge in [-0.3, -0.25) is 0 Å². The van der Waals surface area contributed by atoms with Crippen LogP contribution in [0.5, 0.6) is 5.75 Å². The second-order valence-electron chi connectivity index (χ2n) is 6.96. The van der Waals surface area contributed by atoms with Crippen molar-refractivity contribution in [2.24, 2.45) is 0 Å². The lowest BCUT2D eigenvalue weighted by Gasteiger charge is -2.25. The van der Waals surface area contributed by atoms with Crippen LogP contribution in [0, 0.1) is 0 Å². The summed E-state index contributed by atoms with van der Waals surface area (Å²) in [5, 5.41) is 15.3. The van der Waals surface area contributed by atoms with Crippen molar-refractivity contribution in [3.63, 3.8) is 0 Å². The van der Waals surface area contributed by atoms with Crippen molar-refractivity contribution in [2.45, 2.75) is 25.3 Å². The van der Waals surface area contributed by atoms with Gasteiger partial charge >= 0.3 is 0 Å². The quantitative estimate of drug-likeness (QED) is 0.573. The van der Waals surface area contributed by atoms with Gasteiger partial charge in [0.15, 0.2) is 5.65 Å². The largest absolute Gasteiger partial charge is 0.508 e. The zero-order chi connectivity index (χ0) is 18.4. The number of aryl methyl sites for hydroxylation is 1. The average molecular weight is 357 g/mol. The van der Waals surface area contributed by atoms with E-state index in [1.807, 2.05) is 16.8 Å². The zero-order valence-corrected chi connectivity index (χ0v) is 14.7. The smallest absolute Gasteiger partial charge is 0.164 e. The molecule has 0 bridgehead atoms. The number of rotatable bonds is 2. The summed E-state index contributed by atoms with van der Waals surface area (Å²) in [5.41, 5.74) is 11.4. The fourth-order valence-electron chi connectivity index (χ4n) is 3.96. The lowest BCUT2D eigenvalue weighted by Crippen LogP contribution is -2.20. The Hall–Kier alpha value is -3.41. The van der Waals surface area contributed by atoms with E-state index < -0.39 is 0 Å². The molecule has 0 fully saturated rings. The molecule has 0 spiro atoms. The molecule has 0 saturated carbocycles. The first-order valence-electron chi connectivity index (χ1n) is 9.05. The van der Waals surface area contributed by atoms with E-state index >= 15 is 0 Å². The molecule has 27 heavy (non-hydrogen) atoms. The molecule has 6 nitrogen and oxygen atoms in total. The highest BCUT2D eigenvalue weighted by molar-refractivity contribution is 5.98. The SMILES string of the molecule is Nc1ncnc2c1c(-c1ccc(O)cc1)nn2C1CCc2ccccc2C1. The van der Waals surface area contributed by atoms with E-state index in [1.54, 1.807) is 12.1 Å². The van der Waals surface area contributed by atoms with Crippen LogP contribution in [0.3, 0.4) is 0 Å². The van der Waals surface area contributed by atoms with Gasteiger partial charge in [0.05, 0.1) is 11.4 Å². The number of aromatic nitrogens is 4. The van der Waals surface area contributed by atoms with Gasteiger partial charge in [0.25, 0.3) is 0 Å². The summed E-state index contributed by atoms with van der Waals surface area (Å²) >= 11 is 0. The second kappa shape index (κ2) is 6.09. The van der Waals surface area contributed by atoms with Crippen molar-refractivity contribution >= 4 is 16.9 Å². The summed E-state index contributed by atoms with van der Waals surface area (Å²) in [6, 6.07) is 15.8. The topological polar surface area (TPSA) is 89.8 Å². The van der Waals surface area contributed by atoms with E-state index in [9.17, 15) is 5.11 Å². The van der Waals surface area contributed by atoms with Crippen LogP contribution in [-0.4, -0.2) is 24.9 Å². The molecule has 0 saturated heterocycles. The van der Waals surface area contributed by atoms with Gasteiger partial charge in [-0.2, -0.15) is 5.10 Å². The van der Waals surface area contributed by atoms with Crippen molar-refractivity contribution in [1.82, 2.24) is 19.7 Å². The number of phenolic OH excluding ortho intramolecular Hbond substituents is 1. The number of aromatic hydroxyl groups is 1. The number of phenols is 1. The molecule has 6 heteroatoms. The molecule has 134 valence electrons. The Labute approximate surface area is 156 Å². The van der Waals surface area contributed by atoms with E-state index in [4.69, 9.17) is 10.8 Å². The highest BCUT2D eigenvalue weighted by atomic mass is 16.3. The van der Waals surface area contributed by atoms with Gasteiger partial charge in [0.2, 0.25) is 0 Å². The van der Waals surface area contributed by atoms with Gasteiger partial charge in [-0.1, -0.05) is 24.3 Å².